The van der Waals surface area contributed by atoms with Crippen LogP contribution in [0.1, 0.15) is 77.6 Å². The third kappa shape index (κ3) is 3.75. The molecule has 2 heterocycles. The van der Waals surface area contributed by atoms with Crippen LogP contribution in [0.15, 0.2) is 0 Å². The van der Waals surface area contributed by atoms with Crippen LogP contribution in [-0.4, -0.2) is 48.6 Å². The van der Waals surface area contributed by atoms with E-state index in [9.17, 15) is 4.79 Å². The lowest BCUT2D eigenvalue weighted by Gasteiger charge is -2.50. The zero-order valence-electron chi connectivity index (χ0n) is 18.0. The molecular formula is C23H38N2O4. The number of carbonyl (C=O) groups is 1. The number of nitrogens with zero attached hydrogens (tertiary/aromatic N) is 1. The van der Waals surface area contributed by atoms with E-state index in [1.165, 1.54) is 32.1 Å². The molecule has 6 atom stereocenters. The molecule has 5 rings (SSSR count). The first kappa shape index (κ1) is 20.2. The maximum atomic E-state index is 12.8. The summed E-state index contributed by atoms with van der Waals surface area (Å²) in [5.74, 6) is 1.16. The fourth-order valence-electron chi connectivity index (χ4n) is 6.93. The van der Waals surface area contributed by atoms with Crippen LogP contribution in [-0.2, 0) is 19.3 Å². The molecule has 3 saturated carbocycles. The summed E-state index contributed by atoms with van der Waals surface area (Å²) in [6, 6.07) is 0. The highest BCUT2D eigenvalue weighted by atomic mass is 17.3. The standard InChI is InChI=1S/C23H38N2O4/c1-2-19-13-17-5-3-7-20(14-17)23(19)27-22(28-29-23)8-4-6-18(16-22)15-21(26)25-11-9-24-10-12-25/h17-20,24H,2-16H2,1H3/t17?,18-,19?,20?,22+,23-/m0/s1. The van der Waals surface area contributed by atoms with Gasteiger partial charge in [-0.05, 0) is 50.4 Å². The van der Waals surface area contributed by atoms with E-state index in [2.05, 4.69) is 12.2 Å². The molecule has 0 aromatic carbocycles. The Morgan fingerprint density at radius 1 is 1.10 bits per heavy atom. The van der Waals surface area contributed by atoms with E-state index >= 15 is 0 Å². The summed E-state index contributed by atoms with van der Waals surface area (Å²) in [4.78, 5) is 27.1. The van der Waals surface area contributed by atoms with E-state index < -0.39 is 11.6 Å². The highest BCUT2D eigenvalue weighted by Gasteiger charge is 2.63. The number of hydrogen-bond donors (Lipinski definition) is 1. The molecule has 5 aliphatic rings. The van der Waals surface area contributed by atoms with Gasteiger partial charge >= 0.3 is 0 Å². The number of piperazine rings is 1. The molecule has 3 unspecified atom stereocenters. The van der Waals surface area contributed by atoms with Crippen LogP contribution >= 0.6 is 0 Å². The number of ether oxygens (including phenoxy) is 1. The number of carbonyl (C=O) groups excluding carboxylic acids is 1. The molecule has 0 radical (unpaired) electrons. The van der Waals surface area contributed by atoms with Crippen molar-refractivity contribution < 1.29 is 19.3 Å². The second-order valence-corrected chi connectivity index (χ2v) is 10.3. The average molecular weight is 407 g/mol. The first-order chi connectivity index (χ1) is 14.1. The Morgan fingerprint density at radius 3 is 2.79 bits per heavy atom. The SMILES string of the molecule is CCC1CC2CCCC(C2)[C@@]12OO[C@@]1(CCC[C@@H](CC(=O)N3CCNCC3)C1)O2. The number of hydrogen-bond acceptors (Lipinski definition) is 5. The van der Waals surface area contributed by atoms with Gasteiger partial charge in [-0.15, -0.1) is 0 Å². The first-order valence-corrected chi connectivity index (χ1v) is 12.2. The van der Waals surface area contributed by atoms with Crippen molar-refractivity contribution in [1.82, 2.24) is 10.2 Å². The monoisotopic (exact) mass is 406 g/mol. The van der Waals surface area contributed by atoms with Gasteiger partial charge in [-0.2, -0.15) is 9.78 Å². The van der Waals surface area contributed by atoms with Gasteiger partial charge in [-0.1, -0.05) is 19.8 Å². The summed E-state index contributed by atoms with van der Waals surface area (Å²) in [7, 11) is 0. The highest BCUT2D eigenvalue weighted by Crippen LogP contribution is 2.58. The van der Waals surface area contributed by atoms with Crippen LogP contribution in [0, 0.1) is 23.7 Å². The number of nitrogens with one attached hydrogen (secondary N) is 1. The highest BCUT2D eigenvalue weighted by molar-refractivity contribution is 5.76. The van der Waals surface area contributed by atoms with Crippen LogP contribution in [0.25, 0.3) is 0 Å². The fraction of sp³-hybridized carbons (Fsp3) is 0.957. The van der Waals surface area contributed by atoms with Crippen molar-refractivity contribution in [3.8, 4) is 0 Å². The van der Waals surface area contributed by atoms with Gasteiger partial charge in [0.1, 0.15) is 0 Å². The Hall–Kier alpha value is -0.690. The molecule has 1 amide bonds. The normalized spacial score (nSPS) is 45.1. The molecule has 6 nitrogen and oxygen atoms in total. The van der Waals surface area contributed by atoms with Gasteiger partial charge < -0.3 is 15.0 Å². The first-order valence-electron chi connectivity index (χ1n) is 12.2. The molecule has 2 saturated heterocycles. The Morgan fingerprint density at radius 2 is 1.97 bits per heavy atom. The summed E-state index contributed by atoms with van der Waals surface area (Å²) in [6.45, 7) is 5.74. The van der Waals surface area contributed by atoms with Crippen molar-refractivity contribution in [3.05, 3.63) is 0 Å². The van der Waals surface area contributed by atoms with Gasteiger partial charge in [0.2, 0.25) is 17.5 Å². The molecule has 5 fully saturated rings. The molecule has 2 bridgehead atoms. The van der Waals surface area contributed by atoms with Crippen molar-refractivity contribution in [3.63, 3.8) is 0 Å². The second kappa shape index (κ2) is 8.10. The fourth-order valence-corrected chi connectivity index (χ4v) is 6.93. The molecule has 3 aliphatic carbocycles. The van der Waals surface area contributed by atoms with Crippen molar-refractivity contribution in [1.29, 1.82) is 0 Å². The van der Waals surface area contributed by atoms with Gasteiger partial charge in [-0.3, -0.25) is 4.79 Å². The molecule has 2 spiro atoms. The Balaban J connectivity index is 1.27. The molecule has 2 aliphatic heterocycles. The van der Waals surface area contributed by atoms with Crippen LogP contribution in [0.3, 0.4) is 0 Å². The van der Waals surface area contributed by atoms with E-state index in [1.54, 1.807) is 0 Å². The molecule has 29 heavy (non-hydrogen) atoms. The molecule has 0 aromatic heterocycles. The minimum atomic E-state index is -0.635. The molecule has 6 heteroatoms. The topological polar surface area (TPSA) is 60.0 Å². The lowest BCUT2D eigenvalue weighted by molar-refractivity contribution is -0.381. The van der Waals surface area contributed by atoms with Crippen LogP contribution < -0.4 is 5.32 Å². The minimum Gasteiger partial charge on any atom is -0.340 e. The lowest BCUT2D eigenvalue weighted by atomic mass is 9.63. The Bertz CT molecular complexity index is 606. The molecule has 0 aromatic rings. The Kier molecular flexibility index (Phi) is 5.65. The van der Waals surface area contributed by atoms with Crippen molar-refractivity contribution >= 4 is 5.91 Å². The number of amides is 1. The number of rotatable bonds is 3. The van der Waals surface area contributed by atoms with Crippen molar-refractivity contribution in [2.45, 2.75) is 89.1 Å². The van der Waals surface area contributed by atoms with E-state index in [1.807, 2.05) is 4.90 Å². The predicted molar refractivity (Wildman–Crippen MR) is 109 cm³/mol. The van der Waals surface area contributed by atoms with E-state index in [0.29, 0.717) is 30.1 Å². The zero-order chi connectivity index (χ0) is 19.9. The largest absolute Gasteiger partial charge is 0.340 e. The van der Waals surface area contributed by atoms with Crippen molar-refractivity contribution in [2.24, 2.45) is 23.7 Å². The van der Waals surface area contributed by atoms with E-state index in [0.717, 1.165) is 64.2 Å². The van der Waals surface area contributed by atoms with Gasteiger partial charge in [-0.25, -0.2) is 0 Å². The van der Waals surface area contributed by atoms with Gasteiger partial charge in [0, 0.05) is 57.3 Å². The van der Waals surface area contributed by atoms with E-state index in [-0.39, 0.29) is 0 Å². The maximum Gasteiger partial charge on any atom is 0.222 e. The summed E-state index contributed by atoms with van der Waals surface area (Å²) in [5.41, 5.74) is 0. The Labute approximate surface area is 174 Å². The number of fused-ring (bicyclic) bond motifs is 3. The second-order valence-electron chi connectivity index (χ2n) is 10.3. The summed E-state index contributed by atoms with van der Waals surface area (Å²) in [5, 5.41) is 3.32. The van der Waals surface area contributed by atoms with Gasteiger partial charge in [0.05, 0.1) is 0 Å². The van der Waals surface area contributed by atoms with Crippen LogP contribution in [0.5, 0.6) is 0 Å². The predicted octanol–water partition coefficient (Wildman–Crippen LogP) is 3.61. The summed E-state index contributed by atoms with van der Waals surface area (Å²) in [6.07, 6.45) is 11.8. The molecular weight excluding hydrogens is 368 g/mol. The third-order valence-corrected chi connectivity index (χ3v) is 8.40. The zero-order valence-corrected chi connectivity index (χ0v) is 18.0. The quantitative estimate of drug-likeness (QED) is 0.726. The summed E-state index contributed by atoms with van der Waals surface area (Å²) >= 11 is 0. The van der Waals surface area contributed by atoms with Gasteiger partial charge in [0.25, 0.3) is 0 Å². The van der Waals surface area contributed by atoms with Gasteiger partial charge in [0.15, 0.2) is 0 Å². The lowest BCUT2D eigenvalue weighted by Crippen LogP contribution is -2.54. The maximum absolute atomic E-state index is 12.8. The minimum absolute atomic E-state index is 0.293. The van der Waals surface area contributed by atoms with E-state index in [4.69, 9.17) is 14.5 Å². The average Bonchev–Trinajstić information content (AvgIpc) is 3.11. The van der Waals surface area contributed by atoms with Crippen LogP contribution in [0.2, 0.25) is 0 Å². The smallest absolute Gasteiger partial charge is 0.222 e. The third-order valence-electron chi connectivity index (χ3n) is 8.40. The van der Waals surface area contributed by atoms with Crippen LogP contribution in [0.4, 0.5) is 0 Å². The van der Waals surface area contributed by atoms with Crippen molar-refractivity contribution in [2.75, 3.05) is 26.2 Å². The summed E-state index contributed by atoms with van der Waals surface area (Å²) < 4.78 is 6.89. The molecule has 1 N–H and O–H groups in total. The molecule has 164 valence electrons.